The number of carbonyl (C=O) groups is 1. The van der Waals surface area contributed by atoms with Crippen molar-refractivity contribution in [2.75, 3.05) is 24.6 Å². The molecule has 0 radical (unpaired) electrons. The second-order valence-corrected chi connectivity index (χ2v) is 4.94. The van der Waals surface area contributed by atoms with E-state index in [1.54, 1.807) is 0 Å². The molecule has 17 heavy (non-hydrogen) atoms. The van der Waals surface area contributed by atoms with E-state index in [1.165, 1.54) is 5.56 Å². The van der Waals surface area contributed by atoms with E-state index in [0.29, 0.717) is 0 Å². The highest BCUT2D eigenvalue weighted by molar-refractivity contribution is 7.99. The predicted octanol–water partition coefficient (Wildman–Crippen LogP) is 1.68. The standard InChI is InChI=1S/C12H16N2OS.ClH/c13-8-12(15)14-6-7-16-9-11(14)10-4-2-1-3-5-10;/h1-5,11H,6-9,13H2;1H. The Morgan fingerprint density at radius 2 is 2.12 bits per heavy atom. The third kappa shape index (κ3) is 3.37. The lowest BCUT2D eigenvalue weighted by Gasteiger charge is -2.35. The lowest BCUT2D eigenvalue weighted by Crippen LogP contribution is -2.43. The summed E-state index contributed by atoms with van der Waals surface area (Å²) in [5.74, 6) is 2.03. The summed E-state index contributed by atoms with van der Waals surface area (Å²) in [6.45, 7) is 0.911. The molecule has 2 rings (SSSR count). The largest absolute Gasteiger partial charge is 0.333 e. The van der Waals surface area contributed by atoms with Crippen molar-refractivity contribution in [3.8, 4) is 0 Å². The van der Waals surface area contributed by atoms with Gasteiger partial charge in [-0.25, -0.2) is 0 Å². The average molecular weight is 273 g/mol. The van der Waals surface area contributed by atoms with Crippen molar-refractivity contribution in [3.63, 3.8) is 0 Å². The smallest absolute Gasteiger partial charge is 0.236 e. The van der Waals surface area contributed by atoms with Crippen LogP contribution in [0, 0.1) is 0 Å². The van der Waals surface area contributed by atoms with Crippen molar-refractivity contribution in [2.24, 2.45) is 5.73 Å². The van der Waals surface area contributed by atoms with Crippen LogP contribution in [-0.4, -0.2) is 35.4 Å². The summed E-state index contributed by atoms with van der Waals surface area (Å²) in [7, 11) is 0. The average Bonchev–Trinajstić information content (AvgIpc) is 2.39. The van der Waals surface area contributed by atoms with Gasteiger partial charge in [-0.1, -0.05) is 30.3 Å². The van der Waals surface area contributed by atoms with Crippen molar-refractivity contribution in [2.45, 2.75) is 6.04 Å². The Morgan fingerprint density at radius 3 is 2.76 bits per heavy atom. The summed E-state index contributed by atoms with van der Waals surface area (Å²) in [4.78, 5) is 13.7. The molecule has 0 aliphatic carbocycles. The number of halogens is 1. The van der Waals surface area contributed by atoms with Crippen molar-refractivity contribution in [1.82, 2.24) is 4.90 Å². The molecule has 1 aromatic rings. The fourth-order valence-corrected chi connectivity index (χ4v) is 3.06. The molecule has 1 fully saturated rings. The van der Waals surface area contributed by atoms with Crippen LogP contribution in [-0.2, 0) is 4.79 Å². The maximum Gasteiger partial charge on any atom is 0.236 e. The molecule has 1 atom stereocenters. The zero-order valence-electron chi connectivity index (χ0n) is 9.54. The van der Waals surface area contributed by atoms with Crippen LogP contribution in [0.5, 0.6) is 0 Å². The minimum atomic E-state index is 0. The summed E-state index contributed by atoms with van der Waals surface area (Å²) in [5, 5.41) is 0. The van der Waals surface area contributed by atoms with Gasteiger partial charge in [0.25, 0.3) is 0 Å². The first kappa shape index (κ1) is 14.4. The fraction of sp³-hybridized carbons (Fsp3) is 0.417. The minimum Gasteiger partial charge on any atom is -0.333 e. The van der Waals surface area contributed by atoms with Gasteiger partial charge in [0.15, 0.2) is 0 Å². The maximum absolute atomic E-state index is 11.7. The third-order valence-electron chi connectivity index (χ3n) is 2.81. The number of carbonyl (C=O) groups excluding carboxylic acids is 1. The lowest BCUT2D eigenvalue weighted by molar-refractivity contribution is -0.131. The number of nitrogens with two attached hydrogens (primary N) is 1. The zero-order valence-corrected chi connectivity index (χ0v) is 11.2. The molecule has 94 valence electrons. The first-order valence-corrected chi connectivity index (χ1v) is 6.60. The van der Waals surface area contributed by atoms with Crippen molar-refractivity contribution >= 4 is 30.1 Å². The van der Waals surface area contributed by atoms with Crippen LogP contribution in [0.4, 0.5) is 0 Å². The van der Waals surface area contributed by atoms with Crippen LogP contribution >= 0.6 is 24.2 Å². The molecule has 1 aliphatic rings. The molecule has 1 heterocycles. The van der Waals surface area contributed by atoms with Crippen LogP contribution in [0.25, 0.3) is 0 Å². The number of hydrogen-bond acceptors (Lipinski definition) is 3. The summed E-state index contributed by atoms with van der Waals surface area (Å²) >= 11 is 1.89. The number of thioether (sulfide) groups is 1. The van der Waals surface area contributed by atoms with Gasteiger partial charge in [-0.15, -0.1) is 12.4 Å². The molecule has 1 aliphatic heterocycles. The Kier molecular flexibility index (Phi) is 5.82. The molecule has 0 saturated carbocycles. The fourth-order valence-electron chi connectivity index (χ4n) is 1.97. The summed E-state index contributed by atoms with van der Waals surface area (Å²) in [5.41, 5.74) is 6.65. The van der Waals surface area contributed by atoms with E-state index >= 15 is 0 Å². The first-order valence-electron chi connectivity index (χ1n) is 5.45. The molecular weight excluding hydrogens is 256 g/mol. The molecule has 2 N–H and O–H groups in total. The van der Waals surface area contributed by atoms with E-state index in [4.69, 9.17) is 5.73 Å². The van der Waals surface area contributed by atoms with Gasteiger partial charge >= 0.3 is 0 Å². The van der Waals surface area contributed by atoms with E-state index in [2.05, 4.69) is 12.1 Å². The van der Waals surface area contributed by atoms with Crippen LogP contribution in [0.1, 0.15) is 11.6 Å². The van der Waals surface area contributed by atoms with Gasteiger partial charge in [0, 0.05) is 18.1 Å². The minimum absolute atomic E-state index is 0. The molecule has 5 heteroatoms. The molecule has 0 aromatic heterocycles. The molecule has 0 bridgehead atoms. The highest BCUT2D eigenvalue weighted by atomic mass is 35.5. The van der Waals surface area contributed by atoms with E-state index in [0.717, 1.165) is 18.1 Å². The maximum atomic E-state index is 11.7. The summed E-state index contributed by atoms with van der Waals surface area (Å²) in [6, 6.07) is 10.4. The van der Waals surface area contributed by atoms with Crippen LogP contribution < -0.4 is 5.73 Å². The number of amides is 1. The molecule has 1 aromatic carbocycles. The van der Waals surface area contributed by atoms with Crippen molar-refractivity contribution < 1.29 is 4.79 Å². The molecule has 1 amide bonds. The van der Waals surface area contributed by atoms with Gasteiger partial charge in [-0.2, -0.15) is 11.8 Å². The van der Waals surface area contributed by atoms with Gasteiger partial charge in [0.1, 0.15) is 0 Å². The normalized spacial score (nSPS) is 19.6. The van der Waals surface area contributed by atoms with Gasteiger partial charge < -0.3 is 10.6 Å². The number of nitrogens with zero attached hydrogens (tertiary/aromatic N) is 1. The van der Waals surface area contributed by atoms with Gasteiger partial charge in [-0.3, -0.25) is 4.79 Å². The molecule has 1 saturated heterocycles. The summed E-state index contributed by atoms with van der Waals surface area (Å²) < 4.78 is 0. The Bertz CT molecular complexity index is 361. The second-order valence-electron chi connectivity index (χ2n) is 3.79. The lowest BCUT2D eigenvalue weighted by atomic mass is 10.1. The number of hydrogen-bond donors (Lipinski definition) is 1. The Balaban J connectivity index is 0.00000144. The predicted molar refractivity (Wildman–Crippen MR) is 74.5 cm³/mol. The second kappa shape index (κ2) is 6.89. The SMILES string of the molecule is Cl.NCC(=O)N1CCSCC1c1ccccc1. The molecule has 1 unspecified atom stereocenters. The number of benzene rings is 1. The van der Waals surface area contributed by atoms with Crippen LogP contribution in [0.2, 0.25) is 0 Å². The molecule has 3 nitrogen and oxygen atoms in total. The quantitative estimate of drug-likeness (QED) is 0.891. The highest BCUT2D eigenvalue weighted by Crippen LogP contribution is 2.29. The molecular formula is C12H17ClN2OS. The van der Waals surface area contributed by atoms with Gasteiger partial charge in [0.05, 0.1) is 12.6 Å². The van der Waals surface area contributed by atoms with Gasteiger partial charge in [-0.05, 0) is 5.56 Å². The Morgan fingerprint density at radius 1 is 1.41 bits per heavy atom. The number of rotatable bonds is 2. The van der Waals surface area contributed by atoms with E-state index in [9.17, 15) is 4.79 Å². The van der Waals surface area contributed by atoms with Crippen LogP contribution in [0.3, 0.4) is 0 Å². The van der Waals surface area contributed by atoms with Crippen LogP contribution in [0.15, 0.2) is 30.3 Å². The monoisotopic (exact) mass is 272 g/mol. The molecule has 0 spiro atoms. The first-order chi connectivity index (χ1) is 7.83. The topological polar surface area (TPSA) is 46.3 Å². The Labute approximate surface area is 112 Å². The zero-order chi connectivity index (χ0) is 11.4. The summed E-state index contributed by atoms with van der Waals surface area (Å²) in [6.07, 6.45) is 0. The van der Waals surface area contributed by atoms with Crippen molar-refractivity contribution in [1.29, 1.82) is 0 Å². The highest BCUT2D eigenvalue weighted by Gasteiger charge is 2.27. The Hall–Kier alpha value is -0.710. The van der Waals surface area contributed by atoms with Gasteiger partial charge in [0.2, 0.25) is 5.91 Å². The van der Waals surface area contributed by atoms with E-state index < -0.39 is 0 Å². The third-order valence-corrected chi connectivity index (χ3v) is 3.83. The van der Waals surface area contributed by atoms with E-state index in [1.807, 2.05) is 34.9 Å². The van der Waals surface area contributed by atoms with E-state index in [-0.39, 0.29) is 30.9 Å². The van der Waals surface area contributed by atoms with Crippen molar-refractivity contribution in [3.05, 3.63) is 35.9 Å².